The first-order valence-electron chi connectivity index (χ1n) is 13.4. The SMILES string of the molecule is CCCOc1ccc(C2C(=C(O)c3c(C)nc4ccccn34)C(=O)C(=O)N2c2nc(C)c(C(=O)OC)s2)cc1OCC. The third-order valence-electron chi connectivity index (χ3n) is 6.78. The summed E-state index contributed by atoms with van der Waals surface area (Å²) >= 11 is 0.929. The summed E-state index contributed by atoms with van der Waals surface area (Å²) in [6.07, 6.45) is 2.51. The van der Waals surface area contributed by atoms with Crippen LogP contribution in [0.5, 0.6) is 11.5 Å². The number of benzene rings is 1. The van der Waals surface area contributed by atoms with Crippen molar-refractivity contribution in [2.75, 3.05) is 25.2 Å². The average molecular weight is 591 g/mol. The molecule has 1 aliphatic heterocycles. The van der Waals surface area contributed by atoms with Gasteiger partial charge in [0.1, 0.15) is 16.2 Å². The molecule has 4 aromatic rings. The molecule has 3 aromatic heterocycles. The van der Waals surface area contributed by atoms with Crippen molar-refractivity contribution in [3.05, 3.63) is 75.7 Å². The number of Topliss-reactive ketones (excluding diaryl/α,β-unsaturated/α-hetero) is 1. The highest BCUT2D eigenvalue weighted by atomic mass is 32.1. The highest BCUT2D eigenvalue weighted by Crippen LogP contribution is 2.46. The van der Waals surface area contributed by atoms with Crippen molar-refractivity contribution in [2.24, 2.45) is 0 Å². The molecule has 5 rings (SSSR count). The van der Waals surface area contributed by atoms with Crippen molar-refractivity contribution in [3.8, 4) is 11.5 Å². The van der Waals surface area contributed by atoms with Gasteiger partial charge in [-0.2, -0.15) is 0 Å². The summed E-state index contributed by atoms with van der Waals surface area (Å²) in [5, 5.41) is 11.9. The summed E-state index contributed by atoms with van der Waals surface area (Å²) in [6.45, 7) is 7.98. The number of carbonyl (C=O) groups is 3. The Morgan fingerprint density at radius 3 is 2.55 bits per heavy atom. The molecular formula is C30H30N4O7S. The van der Waals surface area contributed by atoms with Gasteiger partial charge in [0.2, 0.25) is 0 Å². The molecule has 1 atom stereocenters. The lowest BCUT2D eigenvalue weighted by Crippen LogP contribution is -2.29. The van der Waals surface area contributed by atoms with Crippen LogP contribution in [0.3, 0.4) is 0 Å². The second kappa shape index (κ2) is 11.6. The number of hydrogen-bond acceptors (Lipinski definition) is 10. The van der Waals surface area contributed by atoms with E-state index in [4.69, 9.17) is 14.2 Å². The van der Waals surface area contributed by atoms with Gasteiger partial charge >= 0.3 is 11.9 Å². The Hall–Kier alpha value is -4.71. The van der Waals surface area contributed by atoms with Crippen molar-refractivity contribution in [2.45, 2.75) is 40.2 Å². The standard InChI is InChI=1S/C30H30N4O7S/c1-6-14-41-19-12-11-18(15-20(19)40-7-2)24-22(25(35)23-16(3)31-21-10-8-9-13-33(21)23)26(36)28(37)34(24)30-32-17(4)27(42-30)29(38)39-5/h8-13,15,24,35H,6-7,14H2,1-5H3. The topological polar surface area (TPSA) is 133 Å². The molecule has 218 valence electrons. The number of methoxy groups -OCH3 is 1. The third kappa shape index (κ3) is 4.87. The van der Waals surface area contributed by atoms with Crippen LogP contribution < -0.4 is 14.4 Å². The van der Waals surface area contributed by atoms with Crippen LogP contribution in [0, 0.1) is 13.8 Å². The summed E-state index contributed by atoms with van der Waals surface area (Å²) in [4.78, 5) is 50.2. The van der Waals surface area contributed by atoms with Crippen molar-refractivity contribution >= 4 is 45.5 Å². The van der Waals surface area contributed by atoms with Crippen molar-refractivity contribution in [3.63, 3.8) is 0 Å². The second-order valence-corrected chi connectivity index (χ2v) is 10.5. The number of carbonyl (C=O) groups excluding carboxylic acids is 3. The smallest absolute Gasteiger partial charge is 0.350 e. The lowest BCUT2D eigenvalue weighted by Gasteiger charge is -2.24. The third-order valence-corrected chi connectivity index (χ3v) is 7.92. The zero-order valence-electron chi connectivity index (χ0n) is 23.8. The van der Waals surface area contributed by atoms with E-state index in [-0.39, 0.29) is 27.0 Å². The van der Waals surface area contributed by atoms with Gasteiger partial charge in [0.05, 0.1) is 43.3 Å². The summed E-state index contributed by atoms with van der Waals surface area (Å²) in [5.74, 6) is -1.87. The number of amides is 1. The molecule has 42 heavy (non-hydrogen) atoms. The maximum atomic E-state index is 13.7. The fraction of sp³-hybridized carbons (Fsp3) is 0.300. The number of fused-ring (bicyclic) bond motifs is 1. The summed E-state index contributed by atoms with van der Waals surface area (Å²) in [5.41, 5.74) is 2.00. The number of thiazole rings is 1. The number of anilines is 1. The van der Waals surface area contributed by atoms with Crippen LogP contribution in [0.2, 0.25) is 0 Å². The van der Waals surface area contributed by atoms with E-state index in [9.17, 15) is 19.5 Å². The minimum atomic E-state index is -1.10. The van der Waals surface area contributed by atoms with Crippen molar-refractivity contribution < 1.29 is 33.7 Å². The normalized spacial score (nSPS) is 16.3. The number of ketones is 1. The lowest BCUT2D eigenvalue weighted by atomic mass is 9.96. The van der Waals surface area contributed by atoms with Gasteiger partial charge < -0.3 is 19.3 Å². The van der Waals surface area contributed by atoms with Crippen LogP contribution in [-0.4, -0.2) is 57.5 Å². The molecule has 4 heterocycles. The fourth-order valence-corrected chi connectivity index (χ4v) is 5.95. The van der Waals surface area contributed by atoms with E-state index in [0.29, 0.717) is 47.3 Å². The number of ether oxygens (including phenoxy) is 3. The maximum absolute atomic E-state index is 13.7. The van der Waals surface area contributed by atoms with Crippen molar-refractivity contribution in [1.82, 2.24) is 14.4 Å². The molecule has 12 heteroatoms. The van der Waals surface area contributed by atoms with Crippen LogP contribution in [0.4, 0.5) is 5.13 Å². The minimum absolute atomic E-state index is 0.109. The van der Waals surface area contributed by atoms with Gasteiger partial charge in [-0.15, -0.1) is 0 Å². The number of aryl methyl sites for hydroxylation is 2. The number of hydrogen-bond donors (Lipinski definition) is 1. The lowest BCUT2D eigenvalue weighted by molar-refractivity contribution is -0.132. The van der Waals surface area contributed by atoms with Gasteiger partial charge in [-0.3, -0.25) is 18.9 Å². The first-order chi connectivity index (χ1) is 20.2. The van der Waals surface area contributed by atoms with Crippen molar-refractivity contribution in [1.29, 1.82) is 0 Å². The van der Waals surface area contributed by atoms with Gasteiger partial charge in [0.25, 0.3) is 5.78 Å². The first-order valence-corrected chi connectivity index (χ1v) is 14.2. The predicted molar refractivity (Wildman–Crippen MR) is 156 cm³/mol. The number of rotatable bonds is 9. The Balaban J connectivity index is 1.76. The van der Waals surface area contributed by atoms with E-state index in [1.54, 1.807) is 54.8 Å². The first kappa shape index (κ1) is 28.8. The van der Waals surface area contributed by atoms with Gasteiger partial charge in [-0.1, -0.05) is 30.4 Å². The van der Waals surface area contributed by atoms with Gasteiger partial charge in [0.15, 0.2) is 22.4 Å². The summed E-state index contributed by atoms with van der Waals surface area (Å²) in [6, 6.07) is 9.37. The van der Waals surface area contributed by atoms with E-state index >= 15 is 0 Å². The van der Waals surface area contributed by atoms with Crippen LogP contribution in [0.25, 0.3) is 11.4 Å². The van der Waals surface area contributed by atoms with E-state index < -0.39 is 23.7 Å². The number of pyridine rings is 1. The molecule has 1 aromatic carbocycles. The van der Waals surface area contributed by atoms with E-state index in [1.165, 1.54) is 12.0 Å². The van der Waals surface area contributed by atoms with E-state index in [0.717, 1.165) is 17.8 Å². The zero-order valence-corrected chi connectivity index (χ0v) is 24.7. The molecule has 0 bridgehead atoms. The number of aliphatic hydroxyl groups excluding tert-OH is 1. The van der Waals surface area contributed by atoms with Crippen LogP contribution in [0.1, 0.15) is 58.6 Å². The largest absolute Gasteiger partial charge is 0.505 e. The number of imidazole rings is 1. The van der Waals surface area contributed by atoms with Crippen LogP contribution in [-0.2, 0) is 14.3 Å². The zero-order chi connectivity index (χ0) is 30.1. The molecular weight excluding hydrogens is 560 g/mol. The predicted octanol–water partition coefficient (Wildman–Crippen LogP) is 5.01. The molecule has 1 amide bonds. The number of aliphatic hydroxyl groups is 1. The summed E-state index contributed by atoms with van der Waals surface area (Å²) < 4.78 is 18.3. The molecule has 1 fully saturated rings. The molecule has 0 saturated carbocycles. The fourth-order valence-electron chi connectivity index (χ4n) is 4.93. The number of nitrogens with zero attached hydrogens (tertiary/aromatic N) is 4. The number of aromatic nitrogens is 3. The molecule has 0 aliphatic carbocycles. The summed E-state index contributed by atoms with van der Waals surface area (Å²) in [7, 11) is 1.25. The molecule has 11 nitrogen and oxygen atoms in total. The molecule has 1 saturated heterocycles. The monoisotopic (exact) mass is 590 g/mol. The Kier molecular flexibility index (Phi) is 7.99. The molecule has 0 spiro atoms. The average Bonchev–Trinajstić information content (AvgIpc) is 3.61. The molecule has 1 aliphatic rings. The Labute approximate surface area is 246 Å². The Bertz CT molecular complexity index is 1740. The van der Waals surface area contributed by atoms with Crippen LogP contribution in [0.15, 0.2) is 48.2 Å². The van der Waals surface area contributed by atoms with Gasteiger partial charge in [-0.25, -0.2) is 14.8 Å². The molecule has 1 unspecified atom stereocenters. The second-order valence-electron chi connectivity index (χ2n) is 9.53. The number of esters is 1. The van der Waals surface area contributed by atoms with E-state index in [1.807, 2.05) is 19.9 Å². The Morgan fingerprint density at radius 1 is 1.05 bits per heavy atom. The highest BCUT2D eigenvalue weighted by molar-refractivity contribution is 7.17. The molecule has 0 radical (unpaired) electrons. The quantitative estimate of drug-likeness (QED) is 0.124. The Morgan fingerprint density at radius 2 is 1.83 bits per heavy atom. The maximum Gasteiger partial charge on any atom is 0.350 e. The van der Waals surface area contributed by atoms with E-state index in [2.05, 4.69) is 9.97 Å². The highest BCUT2D eigenvalue weighted by Gasteiger charge is 2.49. The van der Waals surface area contributed by atoms with Gasteiger partial charge in [0, 0.05) is 6.20 Å². The molecule has 1 N–H and O–H groups in total. The minimum Gasteiger partial charge on any atom is -0.505 e. The van der Waals surface area contributed by atoms with Gasteiger partial charge in [-0.05, 0) is 57.0 Å². The van der Waals surface area contributed by atoms with Crippen LogP contribution >= 0.6 is 11.3 Å².